The van der Waals surface area contributed by atoms with Gasteiger partial charge in [-0.05, 0) is 37.8 Å². The van der Waals surface area contributed by atoms with Crippen LogP contribution in [0.3, 0.4) is 0 Å². The van der Waals surface area contributed by atoms with Gasteiger partial charge in [-0.25, -0.2) is 9.37 Å². The van der Waals surface area contributed by atoms with Crippen LogP contribution in [0.15, 0.2) is 30.5 Å². The van der Waals surface area contributed by atoms with E-state index in [-0.39, 0.29) is 17.8 Å². The highest BCUT2D eigenvalue weighted by atomic mass is 19.4. The van der Waals surface area contributed by atoms with Crippen molar-refractivity contribution < 1.29 is 22.3 Å². The van der Waals surface area contributed by atoms with Gasteiger partial charge in [-0.15, -0.1) is 0 Å². The first kappa shape index (κ1) is 17.4. The fourth-order valence-electron chi connectivity index (χ4n) is 2.86. The summed E-state index contributed by atoms with van der Waals surface area (Å²) >= 11 is 0. The lowest BCUT2D eigenvalue weighted by molar-refractivity contribution is -0.137. The van der Waals surface area contributed by atoms with E-state index in [1.54, 1.807) is 6.07 Å². The van der Waals surface area contributed by atoms with Crippen LogP contribution >= 0.6 is 0 Å². The zero-order chi connectivity index (χ0) is 18.0. The van der Waals surface area contributed by atoms with Crippen molar-refractivity contribution in [3.05, 3.63) is 41.8 Å². The maximum Gasteiger partial charge on any atom is 0.421 e. The molecule has 0 bridgehead atoms. The van der Waals surface area contributed by atoms with Gasteiger partial charge in [-0.1, -0.05) is 12.1 Å². The van der Waals surface area contributed by atoms with E-state index in [9.17, 15) is 17.6 Å². The van der Waals surface area contributed by atoms with Gasteiger partial charge < -0.3 is 9.64 Å². The van der Waals surface area contributed by atoms with Gasteiger partial charge in [0.1, 0.15) is 17.5 Å². The Morgan fingerprint density at radius 1 is 1.16 bits per heavy atom. The molecule has 1 aromatic heterocycles. The molecule has 1 fully saturated rings. The number of alkyl halides is 3. The van der Waals surface area contributed by atoms with Crippen LogP contribution in [0.25, 0.3) is 0 Å². The summed E-state index contributed by atoms with van der Waals surface area (Å²) in [6.07, 6.45) is -0.417. The molecule has 1 aromatic carbocycles. The number of hydrogen-bond donors (Lipinski definition) is 0. The van der Waals surface area contributed by atoms with Crippen LogP contribution in [0.4, 0.5) is 29.1 Å². The van der Waals surface area contributed by atoms with E-state index >= 15 is 0 Å². The van der Waals surface area contributed by atoms with E-state index in [2.05, 4.69) is 9.97 Å². The average Bonchev–Trinajstić information content (AvgIpc) is 3.06. The quantitative estimate of drug-likeness (QED) is 0.744. The lowest BCUT2D eigenvalue weighted by atomic mass is 10.2. The first-order valence-electron chi connectivity index (χ1n) is 7.95. The molecular formula is C17H17F4N3O. The number of aromatic nitrogens is 2. The summed E-state index contributed by atoms with van der Waals surface area (Å²) in [5.74, 6) is -1.09. The molecule has 0 radical (unpaired) electrons. The molecule has 3 rings (SSSR count). The van der Waals surface area contributed by atoms with E-state index < -0.39 is 23.4 Å². The van der Waals surface area contributed by atoms with Crippen LogP contribution in [0.2, 0.25) is 0 Å². The molecule has 4 nitrogen and oxygen atoms in total. The molecule has 1 heterocycles. The minimum absolute atomic E-state index is 0.0153. The number of benzene rings is 1. The number of ether oxygens (including phenoxy) is 1. The molecule has 0 saturated heterocycles. The van der Waals surface area contributed by atoms with Crippen molar-refractivity contribution in [2.24, 2.45) is 0 Å². The fourth-order valence-corrected chi connectivity index (χ4v) is 2.86. The molecule has 8 heteroatoms. The topological polar surface area (TPSA) is 38.2 Å². The lowest BCUT2D eigenvalue weighted by Crippen LogP contribution is -2.21. The molecule has 1 aliphatic rings. The van der Waals surface area contributed by atoms with Gasteiger partial charge in [0.2, 0.25) is 0 Å². The lowest BCUT2D eigenvalue weighted by Gasteiger charge is -2.23. The van der Waals surface area contributed by atoms with Crippen molar-refractivity contribution in [1.29, 1.82) is 0 Å². The monoisotopic (exact) mass is 355 g/mol. The summed E-state index contributed by atoms with van der Waals surface area (Å²) in [5.41, 5.74) is -1.06. The van der Waals surface area contributed by atoms with E-state index in [4.69, 9.17) is 4.74 Å². The standard InChI is InChI=1S/C17H17F4N3O/c1-24(14-9-5-4-8-13(14)18)15-12(17(19,20)21)10-22-16(23-15)25-11-6-2-3-7-11/h4-5,8-11H,2-3,6-7H2,1H3. The largest absolute Gasteiger partial charge is 0.460 e. The highest BCUT2D eigenvalue weighted by Crippen LogP contribution is 2.38. The molecule has 134 valence electrons. The number of anilines is 2. The Hall–Kier alpha value is -2.38. The second-order valence-electron chi connectivity index (χ2n) is 5.92. The molecule has 0 amide bonds. The van der Waals surface area contributed by atoms with E-state index in [1.807, 2.05) is 0 Å². The van der Waals surface area contributed by atoms with Gasteiger partial charge in [-0.2, -0.15) is 18.2 Å². The van der Waals surface area contributed by atoms with Crippen molar-refractivity contribution in [2.75, 3.05) is 11.9 Å². The summed E-state index contributed by atoms with van der Waals surface area (Å²) in [4.78, 5) is 8.68. The summed E-state index contributed by atoms with van der Waals surface area (Å²) in [7, 11) is 1.33. The fraction of sp³-hybridized carbons (Fsp3) is 0.412. The second kappa shape index (κ2) is 6.85. The van der Waals surface area contributed by atoms with Crippen LogP contribution in [0.1, 0.15) is 31.2 Å². The van der Waals surface area contributed by atoms with Crippen LogP contribution < -0.4 is 9.64 Å². The summed E-state index contributed by atoms with van der Waals surface area (Å²) in [5, 5.41) is 0. The normalized spacial score (nSPS) is 15.4. The molecule has 1 aliphatic carbocycles. The van der Waals surface area contributed by atoms with Gasteiger partial charge in [0.25, 0.3) is 0 Å². The minimum Gasteiger partial charge on any atom is -0.460 e. The SMILES string of the molecule is CN(c1ccccc1F)c1nc(OC2CCCC2)ncc1C(F)(F)F. The van der Waals surface area contributed by atoms with Gasteiger partial charge in [0.15, 0.2) is 5.82 Å². The predicted octanol–water partition coefficient (Wildman–Crippen LogP) is 4.72. The first-order chi connectivity index (χ1) is 11.9. The van der Waals surface area contributed by atoms with Crippen molar-refractivity contribution in [1.82, 2.24) is 9.97 Å². The van der Waals surface area contributed by atoms with Gasteiger partial charge in [-0.3, -0.25) is 0 Å². The Labute approximate surface area is 142 Å². The van der Waals surface area contributed by atoms with Crippen LogP contribution in [0.5, 0.6) is 6.01 Å². The number of para-hydroxylation sites is 1. The smallest absolute Gasteiger partial charge is 0.421 e. The zero-order valence-electron chi connectivity index (χ0n) is 13.6. The third kappa shape index (κ3) is 3.83. The molecule has 25 heavy (non-hydrogen) atoms. The van der Waals surface area contributed by atoms with E-state index in [1.165, 1.54) is 25.2 Å². The third-order valence-electron chi connectivity index (χ3n) is 4.16. The minimum atomic E-state index is -4.67. The van der Waals surface area contributed by atoms with Gasteiger partial charge in [0.05, 0.1) is 5.69 Å². The molecule has 1 saturated carbocycles. The number of rotatable bonds is 4. The number of nitrogens with zero attached hydrogens (tertiary/aromatic N) is 3. The average molecular weight is 355 g/mol. The Balaban J connectivity index is 2.00. The van der Waals surface area contributed by atoms with E-state index in [0.29, 0.717) is 6.20 Å². The molecule has 0 atom stereocenters. The van der Waals surface area contributed by atoms with E-state index in [0.717, 1.165) is 30.6 Å². The summed E-state index contributed by atoms with van der Waals surface area (Å²) in [6, 6.07) is 5.44. The molecule has 0 spiro atoms. The Morgan fingerprint density at radius 2 is 1.84 bits per heavy atom. The maximum absolute atomic E-state index is 14.0. The maximum atomic E-state index is 14.0. The van der Waals surface area contributed by atoms with Crippen molar-refractivity contribution in [3.63, 3.8) is 0 Å². The van der Waals surface area contributed by atoms with Crippen molar-refractivity contribution >= 4 is 11.5 Å². The van der Waals surface area contributed by atoms with Gasteiger partial charge >= 0.3 is 12.2 Å². The molecular weight excluding hydrogens is 338 g/mol. The second-order valence-corrected chi connectivity index (χ2v) is 5.92. The van der Waals surface area contributed by atoms with Gasteiger partial charge in [0, 0.05) is 13.2 Å². The summed E-state index contributed by atoms with van der Waals surface area (Å²) < 4.78 is 59.5. The highest BCUT2D eigenvalue weighted by molar-refractivity contribution is 5.63. The molecule has 0 aliphatic heterocycles. The van der Waals surface area contributed by atoms with Crippen LogP contribution in [0, 0.1) is 5.82 Å². The Kier molecular flexibility index (Phi) is 4.78. The predicted molar refractivity (Wildman–Crippen MR) is 84.4 cm³/mol. The highest BCUT2D eigenvalue weighted by Gasteiger charge is 2.37. The first-order valence-corrected chi connectivity index (χ1v) is 7.95. The number of hydrogen-bond acceptors (Lipinski definition) is 4. The Bertz CT molecular complexity index is 745. The van der Waals surface area contributed by atoms with Crippen molar-refractivity contribution in [2.45, 2.75) is 38.0 Å². The molecule has 2 aromatic rings. The summed E-state index contributed by atoms with van der Waals surface area (Å²) in [6.45, 7) is 0. The molecule has 0 unspecified atom stereocenters. The zero-order valence-corrected chi connectivity index (χ0v) is 13.6. The number of halogens is 4. The van der Waals surface area contributed by atoms with Crippen LogP contribution in [-0.4, -0.2) is 23.1 Å². The van der Waals surface area contributed by atoms with Crippen molar-refractivity contribution in [3.8, 4) is 6.01 Å². The molecule has 0 N–H and O–H groups in total. The Morgan fingerprint density at radius 3 is 2.48 bits per heavy atom. The third-order valence-corrected chi connectivity index (χ3v) is 4.16. The van der Waals surface area contributed by atoms with Crippen LogP contribution in [-0.2, 0) is 6.18 Å².